The minimum absolute atomic E-state index is 0. The number of nitrogens with zero attached hydrogens (tertiary/aromatic N) is 1. The minimum atomic E-state index is -0.0488. The predicted octanol–water partition coefficient (Wildman–Crippen LogP) is 2.72. The van der Waals surface area contributed by atoms with Gasteiger partial charge in [0.2, 0.25) is 0 Å². The first-order chi connectivity index (χ1) is 11.2. The van der Waals surface area contributed by atoms with E-state index in [2.05, 4.69) is 41.9 Å². The fourth-order valence-corrected chi connectivity index (χ4v) is 2.46. The van der Waals surface area contributed by atoms with E-state index in [9.17, 15) is 4.79 Å². The van der Waals surface area contributed by atoms with Crippen molar-refractivity contribution >= 4 is 5.97 Å². The SMILES string of the molecule is CCCCCCCCCCCCCC(=O)OCC(C)(C)[N+](C)(C)C.[I-]. The Labute approximate surface area is 174 Å². The highest BCUT2D eigenvalue weighted by Crippen LogP contribution is 2.18. The van der Waals surface area contributed by atoms with Gasteiger partial charge in [-0.25, -0.2) is 0 Å². The molecular formula is C21H44INO2. The van der Waals surface area contributed by atoms with Crippen molar-refractivity contribution in [2.75, 3.05) is 27.7 Å². The molecule has 0 atom stereocenters. The molecule has 0 aromatic rings. The molecule has 152 valence electrons. The second kappa shape index (κ2) is 15.2. The van der Waals surface area contributed by atoms with Gasteiger partial charge in [-0.3, -0.25) is 4.79 Å². The average Bonchev–Trinajstić information content (AvgIpc) is 2.49. The highest BCUT2D eigenvalue weighted by atomic mass is 127. The lowest BCUT2D eigenvalue weighted by atomic mass is 10.0. The number of carbonyl (C=O) groups excluding carboxylic acids is 1. The molecule has 25 heavy (non-hydrogen) atoms. The van der Waals surface area contributed by atoms with Gasteiger partial charge in [0.05, 0.1) is 21.1 Å². The van der Waals surface area contributed by atoms with Crippen LogP contribution in [0.4, 0.5) is 0 Å². The lowest BCUT2D eigenvalue weighted by Crippen LogP contribution is -3.00. The molecule has 0 aromatic carbocycles. The molecule has 0 saturated carbocycles. The third kappa shape index (κ3) is 15.0. The summed E-state index contributed by atoms with van der Waals surface area (Å²) in [6.45, 7) is 7.04. The number of halogens is 1. The standard InChI is InChI=1S/C21H44NO2.HI/c1-7-8-9-10-11-12-13-14-15-16-17-18-20(23)24-19-21(2,3)22(4,5)6;/h7-19H2,1-6H3;1H/q+1;/p-1. The number of hydrogen-bond acceptors (Lipinski definition) is 2. The first-order valence-corrected chi connectivity index (χ1v) is 10.2. The first kappa shape index (κ1) is 27.4. The fraction of sp³-hybridized carbons (Fsp3) is 0.952. The summed E-state index contributed by atoms with van der Waals surface area (Å²) in [6.07, 6.45) is 14.9. The van der Waals surface area contributed by atoms with E-state index in [-0.39, 0.29) is 35.5 Å². The molecule has 0 fully saturated rings. The van der Waals surface area contributed by atoms with E-state index in [1.807, 2.05) is 0 Å². The number of ether oxygens (including phenoxy) is 1. The lowest BCUT2D eigenvalue weighted by Gasteiger charge is -2.40. The molecule has 0 heterocycles. The summed E-state index contributed by atoms with van der Waals surface area (Å²) in [5.74, 6) is -0.0348. The van der Waals surface area contributed by atoms with Gasteiger partial charge in [-0.05, 0) is 20.3 Å². The summed E-state index contributed by atoms with van der Waals surface area (Å²) in [7, 11) is 6.41. The number of esters is 1. The van der Waals surface area contributed by atoms with Gasteiger partial charge in [-0.2, -0.15) is 0 Å². The maximum absolute atomic E-state index is 11.8. The molecule has 0 rings (SSSR count). The van der Waals surface area contributed by atoms with Crippen LogP contribution in [0.15, 0.2) is 0 Å². The maximum atomic E-state index is 11.8. The molecule has 0 aliphatic carbocycles. The summed E-state index contributed by atoms with van der Waals surface area (Å²) >= 11 is 0. The maximum Gasteiger partial charge on any atom is 0.306 e. The van der Waals surface area contributed by atoms with Gasteiger partial charge in [0.15, 0.2) is 0 Å². The number of likely N-dealkylation sites (N-methyl/N-ethyl adjacent to an activating group) is 1. The molecule has 3 nitrogen and oxygen atoms in total. The molecule has 0 amide bonds. The smallest absolute Gasteiger partial charge is 0.306 e. The molecule has 0 N–H and O–H groups in total. The van der Waals surface area contributed by atoms with Gasteiger partial charge in [-0.15, -0.1) is 0 Å². The van der Waals surface area contributed by atoms with Gasteiger partial charge in [-0.1, -0.05) is 71.1 Å². The highest BCUT2D eigenvalue weighted by molar-refractivity contribution is 5.69. The zero-order chi connectivity index (χ0) is 18.5. The number of hydrogen-bond donors (Lipinski definition) is 0. The van der Waals surface area contributed by atoms with Crippen molar-refractivity contribution in [2.24, 2.45) is 0 Å². The topological polar surface area (TPSA) is 26.3 Å². The van der Waals surface area contributed by atoms with E-state index in [1.54, 1.807) is 0 Å². The van der Waals surface area contributed by atoms with Crippen LogP contribution >= 0.6 is 0 Å². The van der Waals surface area contributed by atoms with E-state index in [0.717, 1.165) is 17.3 Å². The van der Waals surface area contributed by atoms with Crippen LogP contribution in [0.5, 0.6) is 0 Å². The van der Waals surface area contributed by atoms with Gasteiger partial charge >= 0.3 is 5.97 Å². The van der Waals surface area contributed by atoms with Crippen LogP contribution in [0, 0.1) is 0 Å². The molecule has 0 aromatic heterocycles. The third-order valence-corrected chi connectivity index (χ3v) is 5.39. The largest absolute Gasteiger partial charge is 1.00 e. The summed E-state index contributed by atoms with van der Waals surface area (Å²) in [4.78, 5) is 11.8. The van der Waals surface area contributed by atoms with E-state index < -0.39 is 0 Å². The van der Waals surface area contributed by atoms with Crippen molar-refractivity contribution in [1.29, 1.82) is 0 Å². The number of rotatable bonds is 15. The summed E-state index contributed by atoms with van der Waals surface area (Å²) in [5.41, 5.74) is -0.0488. The van der Waals surface area contributed by atoms with Crippen molar-refractivity contribution in [2.45, 2.75) is 103 Å². The molecule has 0 unspecified atom stereocenters. The molecule has 0 radical (unpaired) electrons. The fourth-order valence-electron chi connectivity index (χ4n) is 2.46. The Kier molecular flexibility index (Phi) is 16.7. The van der Waals surface area contributed by atoms with Crippen LogP contribution in [-0.4, -0.2) is 43.7 Å². The van der Waals surface area contributed by atoms with Crippen LogP contribution in [0.2, 0.25) is 0 Å². The van der Waals surface area contributed by atoms with E-state index in [1.165, 1.54) is 57.8 Å². The molecule has 0 aliphatic rings. The zero-order valence-electron chi connectivity index (χ0n) is 17.8. The molecule has 0 bridgehead atoms. The van der Waals surface area contributed by atoms with Crippen molar-refractivity contribution in [1.82, 2.24) is 0 Å². The Morgan fingerprint density at radius 1 is 0.800 bits per heavy atom. The quantitative estimate of drug-likeness (QED) is 0.160. The summed E-state index contributed by atoms with van der Waals surface area (Å²) in [5, 5.41) is 0. The Morgan fingerprint density at radius 2 is 1.20 bits per heavy atom. The second-order valence-corrected chi connectivity index (χ2v) is 8.77. The summed E-state index contributed by atoms with van der Waals surface area (Å²) in [6, 6.07) is 0. The van der Waals surface area contributed by atoms with E-state index >= 15 is 0 Å². The molecule has 0 saturated heterocycles. The molecular weight excluding hydrogens is 425 g/mol. The van der Waals surface area contributed by atoms with Crippen LogP contribution in [0.1, 0.15) is 97.8 Å². The van der Waals surface area contributed by atoms with Crippen molar-refractivity contribution < 1.29 is 38.0 Å². The van der Waals surface area contributed by atoms with Crippen LogP contribution in [-0.2, 0) is 9.53 Å². The van der Waals surface area contributed by atoms with Gasteiger partial charge in [0, 0.05) is 6.42 Å². The Bertz CT molecular complexity index is 324. The number of carbonyl (C=O) groups is 1. The van der Waals surface area contributed by atoms with Crippen molar-refractivity contribution in [3.63, 3.8) is 0 Å². The number of unbranched alkanes of at least 4 members (excludes halogenated alkanes) is 10. The Balaban J connectivity index is 0. The predicted molar refractivity (Wildman–Crippen MR) is 104 cm³/mol. The Hall–Kier alpha value is 0.160. The minimum Gasteiger partial charge on any atom is -1.00 e. The lowest BCUT2D eigenvalue weighted by molar-refractivity contribution is -0.919. The molecule has 0 spiro atoms. The van der Waals surface area contributed by atoms with Crippen LogP contribution in [0.3, 0.4) is 0 Å². The van der Waals surface area contributed by atoms with E-state index in [4.69, 9.17) is 4.74 Å². The van der Waals surface area contributed by atoms with Gasteiger partial charge in [0.25, 0.3) is 0 Å². The average molecular weight is 469 g/mol. The monoisotopic (exact) mass is 469 g/mol. The third-order valence-electron chi connectivity index (χ3n) is 5.39. The van der Waals surface area contributed by atoms with Crippen molar-refractivity contribution in [3.8, 4) is 0 Å². The summed E-state index contributed by atoms with van der Waals surface area (Å²) < 4.78 is 6.26. The highest BCUT2D eigenvalue weighted by Gasteiger charge is 2.34. The van der Waals surface area contributed by atoms with Crippen molar-refractivity contribution in [3.05, 3.63) is 0 Å². The normalized spacial score (nSPS) is 11.9. The first-order valence-electron chi connectivity index (χ1n) is 10.2. The molecule has 4 heteroatoms. The Morgan fingerprint density at radius 3 is 1.60 bits per heavy atom. The van der Waals surface area contributed by atoms with E-state index in [0.29, 0.717) is 13.0 Å². The van der Waals surface area contributed by atoms with Crippen LogP contribution in [0.25, 0.3) is 0 Å². The zero-order valence-corrected chi connectivity index (χ0v) is 20.0. The molecule has 0 aliphatic heterocycles. The van der Waals surface area contributed by atoms with Crippen LogP contribution < -0.4 is 24.0 Å². The second-order valence-electron chi connectivity index (χ2n) is 8.77. The number of quaternary nitrogens is 1. The van der Waals surface area contributed by atoms with Gasteiger partial charge < -0.3 is 33.2 Å². The van der Waals surface area contributed by atoms with Gasteiger partial charge in [0.1, 0.15) is 12.1 Å².